The van der Waals surface area contributed by atoms with E-state index < -0.39 is 0 Å². The zero-order valence-electron chi connectivity index (χ0n) is 13.0. The highest BCUT2D eigenvalue weighted by molar-refractivity contribution is 9.10. The van der Waals surface area contributed by atoms with Crippen LogP contribution in [0.3, 0.4) is 0 Å². The molecular weight excluding hydrogens is 314 g/mol. The number of carbonyl (C=O) groups is 1. The van der Waals surface area contributed by atoms with Crippen molar-refractivity contribution in [2.75, 3.05) is 6.54 Å². The molecule has 0 aliphatic heterocycles. The first-order chi connectivity index (χ1) is 9.47. The number of halogens is 1. The van der Waals surface area contributed by atoms with E-state index in [1.165, 1.54) is 12.8 Å². The summed E-state index contributed by atoms with van der Waals surface area (Å²) in [6, 6.07) is 7.98. The fourth-order valence-corrected chi connectivity index (χ4v) is 2.71. The predicted molar refractivity (Wildman–Crippen MR) is 89.3 cm³/mol. The van der Waals surface area contributed by atoms with Gasteiger partial charge in [-0.25, -0.2) is 0 Å². The first-order valence-corrected chi connectivity index (χ1v) is 8.32. The molecule has 0 saturated heterocycles. The fourth-order valence-electron chi connectivity index (χ4n) is 2.45. The molecule has 0 aliphatic carbocycles. The molecule has 2 nitrogen and oxygen atoms in total. The van der Waals surface area contributed by atoms with Crippen LogP contribution in [-0.4, -0.2) is 29.3 Å². The second-order valence-corrected chi connectivity index (χ2v) is 6.50. The van der Waals surface area contributed by atoms with E-state index in [1.807, 2.05) is 31.2 Å². The highest BCUT2D eigenvalue weighted by atomic mass is 79.9. The van der Waals surface area contributed by atoms with Gasteiger partial charge in [-0.15, -0.1) is 0 Å². The zero-order chi connectivity index (χ0) is 15.1. The van der Waals surface area contributed by atoms with E-state index in [1.54, 1.807) is 0 Å². The largest absolute Gasteiger partial charge is 0.292 e. The lowest BCUT2D eigenvalue weighted by Gasteiger charge is -2.32. The van der Waals surface area contributed by atoms with Crippen molar-refractivity contribution in [3.05, 3.63) is 34.3 Å². The first kappa shape index (κ1) is 17.4. The van der Waals surface area contributed by atoms with E-state index >= 15 is 0 Å². The van der Waals surface area contributed by atoms with Crippen LogP contribution >= 0.6 is 15.9 Å². The highest BCUT2D eigenvalue weighted by Crippen LogP contribution is 2.16. The van der Waals surface area contributed by atoms with Crippen LogP contribution in [0.4, 0.5) is 0 Å². The van der Waals surface area contributed by atoms with Gasteiger partial charge in [0, 0.05) is 16.1 Å². The molecule has 1 rings (SSSR count). The summed E-state index contributed by atoms with van der Waals surface area (Å²) in [5.41, 5.74) is 0.793. The molecule has 0 radical (unpaired) electrons. The van der Waals surface area contributed by atoms with Crippen molar-refractivity contribution in [2.45, 2.75) is 59.0 Å². The van der Waals surface area contributed by atoms with Gasteiger partial charge in [-0.05, 0) is 45.9 Å². The smallest absolute Gasteiger partial charge is 0.179 e. The standard InChI is InChI=1S/C17H26BrNO/c1-5-6-7-12-19(13(2)3)14(4)17(20)15-8-10-16(18)11-9-15/h8-11,13-14H,5-7,12H2,1-4H3. The molecule has 3 heteroatoms. The lowest BCUT2D eigenvalue weighted by molar-refractivity contribution is 0.0785. The van der Waals surface area contributed by atoms with Crippen molar-refractivity contribution in [1.29, 1.82) is 0 Å². The summed E-state index contributed by atoms with van der Waals surface area (Å²) in [5.74, 6) is 0.211. The minimum Gasteiger partial charge on any atom is -0.292 e. The first-order valence-electron chi connectivity index (χ1n) is 7.52. The van der Waals surface area contributed by atoms with Crippen molar-refractivity contribution in [1.82, 2.24) is 4.90 Å². The van der Waals surface area contributed by atoms with Gasteiger partial charge in [-0.2, -0.15) is 0 Å². The third-order valence-electron chi connectivity index (χ3n) is 3.69. The second kappa shape index (κ2) is 8.58. The van der Waals surface area contributed by atoms with Crippen LogP contribution < -0.4 is 0 Å². The number of hydrogen-bond donors (Lipinski definition) is 0. The summed E-state index contributed by atoms with van der Waals surface area (Å²) in [7, 11) is 0. The summed E-state index contributed by atoms with van der Waals surface area (Å²) in [4.78, 5) is 14.9. The maximum Gasteiger partial charge on any atom is 0.179 e. The van der Waals surface area contributed by atoms with Crippen LogP contribution in [0, 0.1) is 0 Å². The molecule has 0 N–H and O–H groups in total. The van der Waals surface area contributed by atoms with Crippen LogP contribution in [0.5, 0.6) is 0 Å². The van der Waals surface area contributed by atoms with Gasteiger partial charge in [0.15, 0.2) is 5.78 Å². The minimum absolute atomic E-state index is 0.0620. The predicted octanol–water partition coefficient (Wildman–Crippen LogP) is 4.92. The van der Waals surface area contributed by atoms with Crippen LogP contribution in [0.15, 0.2) is 28.7 Å². The van der Waals surface area contributed by atoms with Gasteiger partial charge in [0.1, 0.15) is 0 Å². The third-order valence-corrected chi connectivity index (χ3v) is 4.22. The molecule has 0 saturated carbocycles. The molecule has 20 heavy (non-hydrogen) atoms. The Bertz CT molecular complexity index is 414. The molecule has 0 bridgehead atoms. The number of carbonyl (C=O) groups excluding carboxylic acids is 1. The summed E-state index contributed by atoms with van der Waals surface area (Å²) < 4.78 is 1.00. The topological polar surface area (TPSA) is 20.3 Å². The number of benzene rings is 1. The molecular formula is C17H26BrNO. The molecule has 0 aliphatic rings. The van der Waals surface area contributed by atoms with E-state index in [4.69, 9.17) is 0 Å². The summed E-state index contributed by atoms with van der Waals surface area (Å²) in [5, 5.41) is 0. The third kappa shape index (κ3) is 5.02. The quantitative estimate of drug-likeness (QED) is 0.494. The van der Waals surface area contributed by atoms with Crippen molar-refractivity contribution in [3.8, 4) is 0 Å². The van der Waals surface area contributed by atoms with E-state index in [0.29, 0.717) is 6.04 Å². The Morgan fingerprint density at radius 1 is 1.15 bits per heavy atom. The summed E-state index contributed by atoms with van der Waals surface area (Å²) in [6.07, 6.45) is 3.59. The second-order valence-electron chi connectivity index (χ2n) is 5.59. The van der Waals surface area contributed by atoms with Crippen LogP contribution in [0.2, 0.25) is 0 Å². The number of hydrogen-bond acceptors (Lipinski definition) is 2. The van der Waals surface area contributed by atoms with Gasteiger partial charge in [0.25, 0.3) is 0 Å². The molecule has 1 unspecified atom stereocenters. The van der Waals surface area contributed by atoms with Gasteiger partial charge in [0.2, 0.25) is 0 Å². The van der Waals surface area contributed by atoms with Gasteiger partial charge < -0.3 is 0 Å². The van der Waals surface area contributed by atoms with Gasteiger partial charge in [0.05, 0.1) is 6.04 Å². The zero-order valence-corrected chi connectivity index (χ0v) is 14.6. The van der Waals surface area contributed by atoms with Gasteiger partial charge in [-0.1, -0.05) is 47.8 Å². The van der Waals surface area contributed by atoms with Gasteiger partial charge >= 0.3 is 0 Å². The Kier molecular flexibility index (Phi) is 7.46. The van der Waals surface area contributed by atoms with E-state index in [-0.39, 0.29) is 11.8 Å². The maximum atomic E-state index is 12.6. The van der Waals surface area contributed by atoms with Crippen LogP contribution in [0.1, 0.15) is 57.3 Å². The monoisotopic (exact) mass is 339 g/mol. The average Bonchev–Trinajstić information content (AvgIpc) is 2.42. The Labute approximate surface area is 131 Å². The molecule has 1 atom stereocenters. The number of ketones is 1. The summed E-state index contributed by atoms with van der Waals surface area (Å²) in [6.45, 7) is 9.55. The highest BCUT2D eigenvalue weighted by Gasteiger charge is 2.24. The van der Waals surface area contributed by atoms with E-state index in [2.05, 4.69) is 41.6 Å². The van der Waals surface area contributed by atoms with Crippen molar-refractivity contribution in [2.24, 2.45) is 0 Å². The van der Waals surface area contributed by atoms with Gasteiger partial charge in [-0.3, -0.25) is 9.69 Å². The maximum absolute atomic E-state index is 12.6. The van der Waals surface area contributed by atoms with Crippen LogP contribution in [-0.2, 0) is 0 Å². The molecule has 0 fully saturated rings. The SMILES string of the molecule is CCCCCN(C(C)C)C(C)C(=O)c1ccc(Br)cc1. The van der Waals surface area contributed by atoms with Crippen molar-refractivity contribution < 1.29 is 4.79 Å². The molecule has 0 spiro atoms. The van der Waals surface area contributed by atoms with E-state index in [0.717, 1.165) is 23.0 Å². The van der Waals surface area contributed by atoms with Crippen molar-refractivity contribution >= 4 is 21.7 Å². The number of Topliss-reactive ketones (excluding diaryl/α,β-unsaturated/α-hetero) is 1. The molecule has 1 aromatic carbocycles. The number of nitrogens with zero attached hydrogens (tertiary/aromatic N) is 1. The Morgan fingerprint density at radius 3 is 2.25 bits per heavy atom. The van der Waals surface area contributed by atoms with E-state index in [9.17, 15) is 4.79 Å². The number of rotatable bonds is 8. The summed E-state index contributed by atoms with van der Waals surface area (Å²) >= 11 is 3.40. The van der Waals surface area contributed by atoms with Crippen LogP contribution in [0.25, 0.3) is 0 Å². The minimum atomic E-state index is -0.0620. The fraction of sp³-hybridized carbons (Fsp3) is 0.588. The van der Waals surface area contributed by atoms with Crippen molar-refractivity contribution in [3.63, 3.8) is 0 Å². The molecule has 0 heterocycles. The molecule has 0 aromatic heterocycles. The Hall–Kier alpha value is -0.670. The lowest BCUT2D eigenvalue weighted by atomic mass is 10.0. The molecule has 0 amide bonds. The molecule has 112 valence electrons. The Balaban J connectivity index is 2.75. The number of unbranched alkanes of at least 4 members (excludes halogenated alkanes) is 2. The molecule has 1 aromatic rings. The average molecular weight is 340 g/mol. The lowest BCUT2D eigenvalue weighted by Crippen LogP contribution is -2.44. The Morgan fingerprint density at radius 2 is 1.75 bits per heavy atom. The normalized spacial score (nSPS) is 12.9.